The summed E-state index contributed by atoms with van der Waals surface area (Å²) < 4.78 is 5.61. The first-order valence-electron chi connectivity index (χ1n) is 13.3. The molecule has 9 heteroatoms. The lowest BCUT2D eigenvalue weighted by Gasteiger charge is -2.31. The average molecular weight is 520 g/mol. The number of ether oxygens (including phenoxy) is 1. The van der Waals surface area contributed by atoms with Gasteiger partial charge in [0.25, 0.3) is 5.91 Å². The van der Waals surface area contributed by atoms with E-state index in [4.69, 9.17) is 4.74 Å². The molecule has 2 atom stereocenters. The first kappa shape index (κ1) is 27.5. The van der Waals surface area contributed by atoms with Crippen molar-refractivity contribution in [3.63, 3.8) is 0 Å². The van der Waals surface area contributed by atoms with Gasteiger partial charge >= 0.3 is 5.97 Å². The Morgan fingerprint density at radius 2 is 1.79 bits per heavy atom. The first-order chi connectivity index (χ1) is 18.5. The molecule has 0 bridgehead atoms. The Hall–Kier alpha value is -3.56. The molecule has 0 spiro atoms. The molecule has 0 saturated carbocycles. The van der Waals surface area contributed by atoms with Crippen molar-refractivity contribution < 1.29 is 19.4 Å². The van der Waals surface area contributed by atoms with Crippen LogP contribution in [0.2, 0.25) is 0 Å². The molecule has 0 radical (unpaired) electrons. The molecule has 1 amide bonds. The van der Waals surface area contributed by atoms with Crippen LogP contribution in [-0.2, 0) is 16.0 Å². The van der Waals surface area contributed by atoms with Crippen molar-refractivity contribution in [3.05, 3.63) is 72.1 Å². The molecule has 9 nitrogen and oxygen atoms in total. The van der Waals surface area contributed by atoms with E-state index < -0.39 is 17.4 Å². The fraction of sp³-hybridized carbons (Fsp3) is 0.448. The Labute approximate surface area is 223 Å². The summed E-state index contributed by atoms with van der Waals surface area (Å²) in [6.07, 6.45) is 5.61. The maximum Gasteiger partial charge on any atom is 0.314 e. The van der Waals surface area contributed by atoms with Crippen LogP contribution < -0.4 is 5.32 Å². The SMILES string of the molecule is CC(CO)(CC(Cc1ccc(-c2ccccc2)cc1)NC(=O)c1cnn[nH]1)C(=O)OCCN1CCCCC1. The molecule has 1 fully saturated rings. The summed E-state index contributed by atoms with van der Waals surface area (Å²) in [7, 11) is 0. The highest BCUT2D eigenvalue weighted by Crippen LogP contribution is 2.27. The molecule has 4 rings (SSSR count). The summed E-state index contributed by atoms with van der Waals surface area (Å²) >= 11 is 0. The summed E-state index contributed by atoms with van der Waals surface area (Å²) in [4.78, 5) is 28.2. The second-order valence-electron chi connectivity index (χ2n) is 10.3. The molecule has 1 saturated heterocycles. The Balaban J connectivity index is 1.43. The number of piperidine rings is 1. The van der Waals surface area contributed by atoms with Crippen LogP contribution in [0.15, 0.2) is 60.8 Å². The van der Waals surface area contributed by atoms with Gasteiger partial charge in [-0.25, -0.2) is 0 Å². The van der Waals surface area contributed by atoms with Gasteiger partial charge in [-0.05, 0) is 62.4 Å². The number of nitrogens with zero attached hydrogens (tertiary/aromatic N) is 3. The topological polar surface area (TPSA) is 120 Å². The number of nitrogens with one attached hydrogen (secondary N) is 2. The van der Waals surface area contributed by atoms with Gasteiger partial charge < -0.3 is 15.2 Å². The molecule has 1 aliphatic rings. The maximum absolute atomic E-state index is 13.1. The van der Waals surface area contributed by atoms with Crippen molar-refractivity contribution in [2.24, 2.45) is 5.41 Å². The fourth-order valence-electron chi connectivity index (χ4n) is 4.87. The van der Waals surface area contributed by atoms with Crippen LogP contribution in [0.5, 0.6) is 0 Å². The summed E-state index contributed by atoms with van der Waals surface area (Å²) in [6, 6.07) is 17.8. The molecule has 2 aromatic carbocycles. The number of benzene rings is 2. The summed E-state index contributed by atoms with van der Waals surface area (Å²) in [5, 5.41) is 23.1. The van der Waals surface area contributed by atoms with Gasteiger partial charge in [-0.15, -0.1) is 5.10 Å². The number of hydrogen-bond acceptors (Lipinski definition) is 7. The van der Waals surface area contributed by atoms with Crippen LogP contribution in [0.25, 0.3) is 11.1 Å². The van der Waals surface area contributed by atoms with E-state index in [1.165, 1.54) is 25.5 Å². The van der Waals surface area contributed by atoms with Crippen LogP contribution >= 0.6 is 0 Å². The second kappa shape index (κ2) is 13.3. The Bertz CT molecular complexity index is 1150. The van der Waals surface area contributed by atoms with E-state index in [2.05, 4.69) is 37.8 Å². The highest BCUT2D eigenvalue weighted by molar-refractivity contribution is 5.92. The number of rotatable bonds is 12. The first-order valence-corrected chi connectivity index (χ1v) is 13.3. The van der Waals surface area contributed by atoms with Crippen LogP contribution in [0.3, 0.4) is 0 Å². The number of carbonyl (C=O) groups excluding carboxylic acids is 2. The minimum Gasteiger partial charge on any atom is -0.464 e. The molecule has 202 valence electrons. The summed E-state index contributed by atoms with van der Waals surface area (Å²) in [6.45, 7) is 4.31. The minimum atomic E-state index is -1.17. The number of aliphatic hydroxyl groups is 1. The van der Waals surface area contributed by atoms with Crippen molar-refractivity contribution in [2.45, 2.75) is 45.1 Å². The van der Waals surface area contributed by atoms with Gasteiger partial charge in [0.15, 0.2) is 0 Å². The van der Waals surface area contributed by atoms with Crippen LogP contribution in [0.1, 0.15) is 48.7 Å². The Morgan fingerprint density at radius 3 is 2.45 bits per heavy atom. The van der Waals surface area contributed by atoms with E-state index in [0.717, 1.165) is 29.8 Å². The molecular formula is C29H37N5O4. The largest absolute Gasteiger partial charge is 0.464 e. The number of H-pyrrole nitrogens is 1. The maximum atomic E-state index is 13.1. The van der Waals surface area contributed by atoms with E-state index in [0.29, 0.717) is 13.0 Å². The number of aliphatic hydroxyl groups excluding tert-OH is 1. The molecule has 1 aliphatic heterocycles. The van der Waals surface area contributed by atoms with Crippen molar-refractivity contribution in [1.29, 1.82) is 0 Å². The van der Waals surface area contributed by atoms with Crippen LogP contribution in [0, 0.1) is 5.41 Å². The van der Waals surface area contributed by atoms with Crippen molar-refractivity contribution in [1.82, 2.24) is 25.6 Å². The number of amides is 1. The molecule has 3 N–H and O–H groups in total. The predicted octanol–water partition coefficient (Wildman–Crippen LogP) is 3.23. The van der Waals surface area contributed by atoms with Gasteiger partial charge in [-0.1, -0.05) is 66.2 Å². The average Bonchev–Trinajstić information content (AvgIpc) is 3.50. The van der Waals surface area contributed by atoms with Gasteiger partial charge in [0, 0.05) is 12.6 Å². The number of carbonyl (C=O) groups is 2. The van der Waals surface area contributed by atoms with E-state index in [1.807, 2.05) is 42.5 Å². The molecule has 3 aromatic rings. The fourth-order valence-corrected chi connectivity index (χ4v) is 4.87. The molecule has 38 heavy (non-hydrogen) atoms. The van der Waals surface area contributed by atoms with Gasteiger partial charge in [0.2, 0.25) is 0 Å². The predicted molar refractivity (Wildman–Crippen MR) is 144 cm³/mol. The monoisotopic (exact) mass is 519 g/mol. The van der Waals surface area contributed by atoms with Crippen molar-refractivity contribution in [3.8, 4) is 11.1 Å². The van der Waals surface area contributed by atoms with Crippen LogP contribution in [-0.4, -0.2) is 76.2 Å². The van der Waals surface area contributed by atoms with Gasteiger partial charge in [0.05, 0.1) is 18.2 Å². The molecule has 1 aromatic heterocycles. The Morgan fingerprint density at radius 1 is 1.08 bits per heavy atom. The highest BCUT2D eigenvalue weighted by atomic mass is 16.5. The van der Waals surface area contributed by atoms with Gasteiger partial charge in [-0.2, -0.15) is 0 Å². The van der Waals surface area contributed by atoms with Crippen molar-refractivity contribution >= 4 is 11.9 Å². The zero-order valence-corrected chi connectivity index (χ0v) is 21.9. The highest BCUT2D eigenvalue weighted by Gasteiger charge is 2.37. The number of aromatic nitrogens is 3. The standard InChI is InChI=1S/C29H37N5O4/c1-29(21-35,28(37)38-17-16-34-14-6-3-7-15-34)19-25(31-27(36)26-20-30-33-32-26)18-22-10-12-24(13-11-22)23-8-4-2-5-9-23/h2,4-5,8-13,20,25,35H,3,6-7,14-19,21H2,1H3,(H,31,36)(H,30,32,33). The lowest BCUT2D eigenvalue weighted by molar-refractivity contribution is -0.158. The molecule has 0 aliphatic carbocycles. The summed E-state index contributed by atoms with van der Waals surface area (Å²) in [5.74, 6) is -0.835. The number of esters is 1. The smallest absolute Gasteiger partial charge is 0.314 e. The molecule has 2 heterocycles. The normalized spacial score (nSPS) is 16.4. The van der Waals surface area contributed by atoms with Gasteiger partial charge in [-0.3, -0.25) is 19.6 Å². The third kappa shape index (κ3) is 7.49. The Kier molecular flexibility index (Phi) is 9.62. The zero-order valence-electron chi connectivity index (χ0n) is 21.9. The third-order valence-electron chi connectivity index (χ3n) is 7.17. The van der Waals surface area contributed by atoms with E-state index >= 15 is 0 Å². The van der Waals surface area contributed by atoms with Crippen molar-refractivity contribution in [2.75, 3.05) is 32.8 Å². The number of hydrogen-bond donors (Lipinski definition) is 3. The molecular weight excluding hydrogens is 482 g/mol. The van der Waals surface area contributed by atoms with E-state index in [1.54, 1.807) is 6.92 Å². The lowest BCUT2D eigenvalue weighted by atomic mass is 9.82. The summed E-state index contributed by atoms with van der Waals surface area (Å²) in [5.41, 5.74) is 2.27. The number of likely N-dealkylation sites (tertiary alicyclic amines) is 1. The minimum absolute atomic E-state index is 0.208. The quantitative estimate of drug-likeness (QED) is 0.314. The number of aromatic amines is 1. The lowest BCUT2D eigenvalue weighted by Crippen LogP contribution is -2.45. The van der Waals surface area contributed by atoms with E-state index in [-0.39, 0.29) is 31.2 Å². The van der Waals surface area contributed by atoms with Crippen LogP contribution in [0.4, 0.5) is 0 Å². The van der Waals surface area contributed by atoms with E-state index in [9.17, 15) is 14.7 Å². The zero-order chi connectivity index (χ0) is 26.8. The molecule has 2 unspecified atom stereocenters. The third-order valence-corrected chi connectivity index (χ3v) is 7.17. The van der Waals surface area contributed by atoms with Gasteiger partial charge in [0.1, 0.15) is 12.3 Å². The second-order valence-corrected chi connectivity index (χ2v) is 10.3.